The van der Waals surface area contributed by atoms with Crippen LogP contribution < -0.4 is 5.43 Å². The van der Waals surface area contributed by atoms with Crippen molar-refractivity contribution in [2.45, 2.75) is 0 Å². The summed E-state index contributed by atoms with van der Waals surface area (Å²) in [7, 11) is 0. The Hall–Kier alpha value is -2.69. The first-order valence-electron chi connectivity index (χ1n) is 5.36. The van der Waals surface area contributed by atoms with Crippen molar-refractivity contribution in [2.24, 2.45) is 0 Å². The van der Waals surface area contributed by atoms with E-state index >= 15 is 0 Å². The molecular formula is C13H8N2O3. The maximum Gasteiger partial charge on any atom is 0.293 e. The zero-order valence-corrected chi connectivity index (χ0v) is 9.21. The molecule has 0 unspecified atom stereocenters. The molecule has 0 saturated heterocycles. The lowest BCUT2D eigenvalue weighted by Gasteiger charge is -2.02. The highest BCUT2D eigenvalue weighted by atomic mass is 16.6. The van der Waals surface area contributed by atoms with Crippen molar-refractivity contribution in [3.63, 3.8) is 0 Å². The van der Waals surface area contributed by atoms with Gasteiger partial charge in [-0.3, -0.25) is 14.9 Å². The number of nitrogens with zero attached hydrogens (tertiary/aromatic N) is 1. The number of aromatic nitrogens is 1. The molecule has 2 aromatic carbocycles. The van der Waals surface area contributed by atoms with Gasteiger partial charge in [-0.05, 0) is 18.2 Å². The molecule has 0 spiro atoms. The molecule has 1 N–H and O–H groups in total. The Labute approximate surface area is 101 Å². The number of rotatable bonds is 1. The fourth-order valence-corrected chi connectivity index (χ4v) is 2.08. The molecule has 3 aromatic rings. The van der Waals surface area contributed by atoms with Crippen molar-refractivity contribution < 1.29 is 4.92 Å². The van der Waals surface area contributed by atoms with Gasteiger partial charge < -0.3 is 4.98 Å². The number of benzene rings is 2. The number of nitro groups is 1. The number of non-ortho nitro benzene ring substituents is 1. The van der Waals surface area contributed by atoms with Crippen LogP contribution in [0.15, 0.2) is 47.3 Å². The van der Waals surface area contributed by atoms with Crippen LogP contribution in [0.5, 0.6) is 0 Å². The Morgan fingerprint density at radius 3 is 2.50 bits per heavy atom. The van der Waals surface area contributed by atoms with Crippen molar-refractivity contribution in [3.8, 4) is 0 Å². The third-order valence-corrected chi connectivity index (χ3v) is 2.92. The van der Waals surface area contributed by atoms with Crippen molar-refractivity contribution in [3.05, 3.63) is 62.8 Å². The quantitative estimate of drug-likeness (QED) is 0.403. The molecule has 0 amide bonds. The SMILES string of the molecule is O=c1c2ccccc2[nH]c2c([N+](=O)[O-])cccc12. The predicted octanol–water partition coefficient (Wildman–Crippen LogP) is 2.59. The molecule has 0 saturated carbocycles. The third-order valence-electron chi connectivity index (χ3n) is 2.92. The van der Waals surface area contributed by atoms with Crippen molar-refractivity contribution in [2.75, 3.05) is 0 Å². The smallest absolute Gasteiger partial charge is 0.293 e. The molecular weight excluding hydrogens is 232 g/mol. The number of H-pyrrole nitrogens is 1. The lowest BCUT2D eigenvalue weighted by atomic mass is 10.1. The van der Waals surface area contributed by atoms with Crippen LogP contribution in [0.3, 0.4) is 0 Å². The van der Waals surface area contributed by atoms with E-state index in [0.29, 0.717) is 16.3 Å². The van der Waals surface area contributed by atoms with E-state index in [4.69, 9.17) is 0 Å². The second kappa shape index (κ2) is 3.66. The molecule has 1 heterocycles. The zero-order valence-electron chi connectivity index (χ0n) is 9.21. The Kier molecular flexibility index (Phi) is 2.13. The third kappa shape index (κ3) is 1.37. The summed E-state index contributed by atoms with van der Waals surface area (Å²) in [5, 5.41) is 11.8. The zero-order chi connectivity index (χ0) is 12.7. The van der Waals surface area contributed by atoms with Gasteiger partial charge in [0.15, 0.2) is 5.43 Å². The van der Waals surface area contributed by atoms with Gasteiger partial charge in [-0.2, -0.15) is 0 Å². The van der Waals surface area contributed by atoms with Crippen LogP contribution in [0, 0.1) is 10.1 Å². The predicted molar refractivity (Wildman–Crippen MR) is 68.7 cm³/mol. The minimum atomic E-state index is -0.493. The number of fused-ring (bicyclic) bond motifs is 2. The van der Waals surface area contributed by atoms with E-state index in [9.17, 15) is 14.9 Å². The summed E-state index contributed by atoms with van der Waals surface area (Å²) < 4.78 is 0. The average Bonchev–Trinajstić information content (AvgIpc) is 2.38. The number of nitro benzene ring substituents is 1. The van der Waals surface area contributed by atoms with Gasteiger partial charge in [0.25, 0.3) is 5.69 Å². The van der Waals surface area contributed by atoms with E-state index in [1.54, 1.807) is 30.3 Å². The molecule has 3 rings (SSSR count). The lowest BCUT2D eigenvalue weighted by molar-refractivity contribution is -0.383. The molecule has 0 fully saturated rings. The van der Waals surface area contributed by atoms with Gasteiger partial charge in [0.1, 0.15) is 5.52 Å². The Balaban J connectivity index is 2.60. The van der Waals surface area contributed by atoms with E-state index in [-0.39, 0.29) is 16.6 Å². The van der Waals surface area contributed by atoms with Crippen molar-refractivity contribution >= 4 is 27.5 Å². The second-order valence-electron chi connectivity index (χ2n) is 3.96. The Morgan fingerprint density at radius 1 is 1.00 bits per heavy atom. The number of aromatic amines is 1. The Morgan fingerprint density at radius 2 is 1.72 bits per heavy atom. The molecule has 5 nitrogen and oxygen atoms in total. The standard InChI is InChI=1S/C13H8N2O3/c16-13-8-4-1-2-6-10(8)14-12-9(13)5-3-7-11(12)15(17)18/h1-7H,(H,14,16). The van der Waals surface area contributed by atoms with E-state index in [0.717, 1.165) is 0 Å². The minimum Gasteiger partial charge on any atom is -0.349 e. The lowest BCUT2D eigenvalue weighted by Crippen LogP contribution is -2.05. The van der Waals surface area contributed by atoms with E-state index in [1.165, 1.54) is 12.1 Å². The number of para-hydroxylation sites is 2. The summed E-state index contributed by atoms with van der Waals surface area (Å²) in [5.74, 6) is 0. The highest BCUT2D eigenvalue weighted by Crippen LogP contribution is 2.23. The minimum absolute atomic E-state index is 0.0876. The molecule has 5 heteroatoms. The molecule has 18 heavy (non-hydrogen) atoms. The summed E-state index contributed by atoms with van der Waals surface area (Å²) in [6, 6.07) is 11.5. The topological polar surface area (TPSA) is 76.0 Å². The maximum atomic E-state index is 12.2. The molecule has 88 valence electrons. The molecule has 0 aliphatic heterocycles. The summed E-state index contributed by atoms with van der Waals surface area (Å²) in [5.41, 5.74) is 0.592. The van der Waals surface area contributed by atoms with Gasteiger partial charge in [0.05, 0.1) is 10.3 Å². The fourth-order valence-electron chi connectivity index (χ4n) is 2.08. The van der Waals surface area contributed by atoms with Gasteiger partial charge >= 0.3 is 0 Å². The first kappa shape index (κ1) is 10.5. The fraction of sp³-hybridized carbons (Fsp3) is 0. The first-order chi connectivity index (χ1) is 8.68. The van der Waals surface area contributed by atoms with Crippen LogP contribution in [0.4, 0.5) is 5.69 Å². The maximum absolute atomic E-state index is 12.2. The van der Waals surface area contributed by atoms with E-state index in [2.05, 4.69) is 4.98 Å². The summed E-state index contributed by atoms with van der Waals surface area (Å²) >= 11 is 0. The molecule has 0 aliphatic rings. The van der Waals surface area contributed by atoms with Crippen LogP contribution in [0.25, 0.3) is 21.8 Å². The van der Waals surface area contributed by atoms with E-state index < -0.39 is 4.92 Å². The molecule has 1 aromatic heterocycles. The second-order valence-corrected chi connectivity index (χ2v) is 3.96. The molecule has 0 radical (unpaired) electrons. The first-order valence-corrected chi connectivity index (χ1v) is 5.36. The average molecular weight is 240 g/mol. The van der Waals surface area contributed by atoms with Crippen LogP contribution in [-0.2, 0) is 0 Å². The van der Waals surface area contributed by atoms with Crippen LogP contribution in [-0.4, -0.2) is 9.91 Å². The molecule has 0 bridgehead atoms. The van der Waals surface area contributed by atoms with Crippen LogP contribution in [0.1, 0.15) is 0 Å². The Bertz CT molecular complexity index is 836. The monoisotopic (exact) mass is 240 g/mol. The summed E-state index contributed by atoms with van der Waals surface area (Å²) in [6.07, 6.45) is 0. The van der Waals surface area contributed by atoms with Crippen LogP contribution in [0.2, 0.25) is 0 Å². The summed E-state index contributed by atoms with van der Waals surface area (Å²) in [4.78, 5) is 25.6. The number of hydrogen-bond acceptors (Lipinski definition) is 3. The van der Waals surface area contributed by atoms with Crippen molar-refractivity contribution in [1.29, 1.82) is 0 Å². The number of nitrogens with one attached hydrogen (secondary N) is 1. The van der Waals surface area contributed by atoms with E-state index in [1.807, 2.05) is 0 Å². The normalized spacial score (nSPS) is 10.9. The summed E-state index contributed by atoms with van der Waals surface area (Å²) in [6.45, 7) is 0. The van der Waals surface area contributed by atoms with Crippen molar-refractivity contribution in [1.82, 2.24) is 4.98 Å². The van der Waals surface area contributed by atoms with Gasteiger partial charge in [-0.1, -0.05) is 18.2 Å². The van der Waals surface area contributed by atoms with Gasteiger partial charge in [0.2, 0.25) is 0 Å². The van der Waals surface area contributed by atoms with Gasteiger partial charge in [-0.15, -0.1) is 0 Å². The molecule has 0 atom stereocenters. The number of hydrogen-bond donors (Lipinski definition) is 1. The van der Waals surface area contributed by atoms with Gasteiger partial charge in [0, 0.05) is 17.0 Å². The largest absolute Gasteiger partial charge is 0.349 e. The molecule has 0 aliphatic carbocycles. The highest BCUT2D eigenvalue weighted by Gasteiger charge is 2.14. The number of pyridine rings is 1. The highest BCUT2D eigenvalue weighted by molar-refractivity contribution is 5.96. The van der Waals surface area contributed by atoms with Crippen LogP contribution >= 0.6 is 0 Å². The van der Waals surface area contributed by atoms with Gasteiger partial charge in [-0.25, -0.2) is 0 Å².